The highest BCUT2D eigenvalue weighted by Gasteiger charge is 2.12. The number of esters is 1. The lowest BCUT2D eigenvalue weighted by Crippen LogP contribution is -2.32. The van der Waals surface area contributed by atoms with Gasteiger partial charge in [0.2, 0.25) is 0 Å². The van der Waals surface area contributed by atoms with Gasteiger partial charge in [-0.2, -0.15) is 0 Å². The van der Waals surface area contributed by atoms with Gasteiger partial charge in [-0.1, -0.05) is 44.2 Å². The zero-order chi connectivity index (χ0) is 14.1. The second-order valence-corrected chi connectivity index (χ2v) is 5.18. The lowest BCUT2D eigenvalue weighted by Gasteiger charge is -2.22. The van der Waals surface area contributed by atoms with E-state index in [1.807, 2.05) is 25.1 Å². The number of carbonyl (C=O) groups excluding carboxylic acids is 1. The highest BCUT2D eigenvalue weighted by atomic mass is 16.5. The molecule has 0 fully saturated rings. The Kier molecular flexibility index (Phi) is 7.19. The van der Waals surface area contributed by atoms with E-state index in [-0.39, 0.29) is 5.97 Å². The summed E-state index contributed by atoms with van der Waals surface area (Å²) < 4.78 is 5.04. The van der Waals surface area contributed by atoms with Crippen molar-refractivity contribution in [2.24, 2.45) is 5.92 Å². The van der Waals surface area contributed by atoms with Crippen molar-refractivity contribution in [3.8, 4) is 0 Å². The van der Waals surface area contributed by atoms with Crippen LogP contribution < -0.4 is 0 Å². The number of rotatable bonds is 8. The summed E-state index contributed by atoms with van der Waals surface area (Å²) in [5.74, 6) is 0.502. The molecule has 0 aliphatic carbocycles. The van der Waals surface area contributed by atoms with Crippen LogP contribution in [0.15, 0.2) is 30.3 Å². The quantitative estimate of drug-likeness (QED) is 0.675. The van der Waals surface area contributed by atoms with Gasteiger partial charge in [0.1, 0.15) is 0 Å². The maximum atomic E-state index is 11.6. The van der Waals surface area contributed by atoms with Crippen LogP contribution in [0.4, 0.5) is 0 Å². The molecule has 0 amide bonds. The number of hydrogen-bond acceptors (Lipinski definition) is 3. The number of hydrogen-bond donors (Lipinski definition) is 0. The molecule has 1 aromatic carbocycles. The zero-order valence-electron chi connectivity index (χ0n) is 12.3. The minimum Gasteiger partial charge on any atom is -0.465 e. The van der Waals surface area contributed by atoms with Crippen molar-refractivity contribution >= 4 is 5.97 Å². The molecule has 0 saturated carbocycles. The van der Waals surface area contributed by atoms with Crippen LogP contribution in [-0.2, 0) is 16.1 Å². The van der Waals surface area contributed by atoms with Crippen LogP contribution in [0.25, 0.3) is 0 Å². The molecule has 106 valence electrons. The maximum Gasteiger partial charge on any atom is 0.320 e. The van der Waals surface area contributed by atoms with Gasteiger partial charge in [0.25, 0.3) is 0 Å². The molecule has 0 aliphatic rings. The third-order valence-electron chi connectivity index (χ3n) is 2.93. The van der Waals surface area contributed by atoms with Gasteiger partial charge in [-0.25, -0.2) is 0 Å². The van der Waals surface area contributed by atoms with Crippen molar-refractivity contribution in [2.75, 3.05) is 19.7 Å². The monoisotopic (exact) mass is 263 g/mol. The molecule has 3 heteroatoms. The van der Waals surface area contributed by atoms with Gasteiger partial charge in [-0.15, -0.1) is 0 Å². The minimum absolute atomic E-state index is 0.137. The first-order valence-electron chi connectivity index (χ1n) is 7.03. The number of benzene rings is 1. The van der Waals surface area contributed by atoms with Crippen LogP contribution in [0.3, 0.4) is 0 Å². The Bertz CT molecular complexity index is 362. The van der Waals surface area contributed by atoms with Crippen molar-refractivity contribution in [3.05, 3.63) is 35.9 Å². The molecule has 0 unspecified atom stereocenters. The van der Waals surface area contributed by atoms with Gasteiger partial charge in [-0.3, -0.25) is 9.69 Å². The molecule has 1 rings (SSSR count). The summed E-state index contributed by atoms with van der Waals surface area (Å²) in [7, 11) is 0. The molecule has 3 nitrogen and oxygen atoms in total. The summed E-state index contributed by atoms with van der Waals surface area (Å²) in [6.45, 7) is 8.78. The standard InChI is InChI=1S/C16H25NO2/c1-4-19-16(18)13-17(11-10-14(2)3)12-15-8-6-5-7-9-15/h5-9,14H,4,10-13H2,1-3H3. The molecule has 0 N–H and O–H groups in total. The van der Waals surface area contributed by atoms with Crippen molar-refractivity contribution in [3.63, 3.8) is 0 Å². The largest absolute Gasteiger partial charge is 0.465 e. The Hall–Kier alpha value is -1.35. The molecule has 0 atom stereocenters. The van der Waals surface area contributed by atoms with Crippen LogP contribution in [-0.4, -0.2) is 30.6 Å². The fourth-order valence-electron chi connectivity index (χ4n) is 1.89. The fraction of sp³-hybridized carbons (Fsp3) is 0.562. The molecule has 0 spiro atoms. The third-order valence-corrected chi connectivity index (χ3v) is 2.93. The van der Waals surface area contributed by atoms with Gasteiger partial charge in [-0.05, 0) is 31.4 Å². The Morgan fingerprint density at radius 2 is 1.95 bits per heavy atom. The van der Waals surface area contributed by atoms with Gasteiger partial charge < -0.3 is 4.74 Å². The molecule has 0 bridgehead atoms. The highest BCUT2D eigenvalue weighted by Crippen LogP contribution is 2.08. The smallest absolute Gasteiger partial charge is 0.320 e. The number of ether oxygens (including phenoxy) is 1. The summed E-state index contributed by atoms with van der Waals surface area (Å²) in [5.41, 5.74) is 1.23. The molecule has 0 aliphatic heterocycles. The van der Waals surface area contributed by atoms with E-state index in [0.717, 1.165) is 19.5 Å². The van der Waals surface area contributed by atoms with Gasteiger partial charge in [0.15, 0.2) is 0 Å². The van der Waals surface area contributed by atoms with Gasteiger partial charge in [0, 0.05) is 6.54 Å². The molecule has 1 aromatic rings. The molecule has 19 heavy (non-hydrogen) atoms. The Morgan fingerprint density at radius 3 is 2.53 bits per heavy atom. The normalized spacial score (nSPS) is 11.0. The molecular formula is C16H25NO2. The third kappa shape index (κ3) is 6.97. The maximum absolute atomic E-state index is 11.6. The summed E-state index contributed by atoms with van der Waals surface area (Å²) in [6.07, 6.45) is 1.09. The molecule has 0 aromatic heterocycles. The minimum atomic E-state index is -0.137. The summed E-state index contributed by atoms with van der Waals surface area (Å²) in [6, 6.07) is 10.2. The second-order valence-electron chi connectivity index (χ2n) is 5.18. The predicted octanol–water partition coefficient (Wildman–Crippen LogP) is 3.10. The van der Waals surface area contributed by atoms with Crippen LogP contribution in [0.5, 0.6) is 0 Å². The van der Waals surface area contributed by atoms with Crippen molar-refractivity contribution < 1.29 is 9.53 Å². The van der Waals surface area contributed by atoms with E-state index in [2.05, 4.69) is 30.9 Å². The van der Waals surface area contributed by atoms with Crippen LogP contribution >= 0.6 is 0 Å². The summed E-state index contributed by atoms with van der Waals surface area (Å²) >= 11 is 0. The highest BCUT2D eigenvalue weighted by molar-refractivity contribution is 5.71. The van der Waals surface area contributed by atoms with Gasteiger partial charge in [0.05, 0.1) is 13.2 Å². The Balaban J connectivity index is 2.55. The van der Waals surface area contributed by atoms with Crippen LogP contribution in [0.1, 0.15) is 32.8 Å². The summed E-state index contributed by atoms with van der Waals surface area (Å²) in [5, 5.41) is 0. The van der Waals surface area contributed by atoms with E-state index in [1.165, 1.54) is 5.56 Å². The lowest BCUT2D eigenvalue weighted by atomic mass is 10.1. The SMILES string of the molecule is CCOC(=O)CN(CCC(C)C)Cc1ccccc1. The molecule has 0 heterocycles. The van der Waals surface area contributed by atoms with Crippen molar-refractivity contribution in [1.29, 1.82) is 0 Å². The first-order valence-corrected chi connectivity index (χ1v) is 7.03. The van der Waals surface area contributed by atoms with Crippen LogP contribution in [0.2, 0.25) is 0 Å². The Morgan fingerprint density at radius 1 is 1.26 bits per heavy atom. The second kappa shape index (κ2) is 8.70. The average molecular weight is 263 g/mol. The van der Waals surface area contributed by atoms with E-state index in [9.17, 15) is 4.79 Å². The first-order chi connectivity index (χ1) is 9.11. The topological polar surface area (TPSA) is 29.5 Å². The zero-order valence-corrected chi connectivity index (χ0v) is 12.3. The van der Waals surface area contributed by atoms with Crippen LogP contribution in [0, 0.1) is 5.92 Å². The molecule has 0 saturated heterocycles. The predicted molar refractivity (Wildman–Crippen MR) is 77.8 cm³/mol. The molecule has 0 radical (unpaired) electrons. The van der Waals surface area contributed by atoms with E-state index < -0.39 is 0 Å². The number of nitrogens with zero attached hydrogens (tertiary/aromatic N) is 1. The van der Waals surface area contributed by atoms with E-state index in [1.54, 1.807) is 0 Å². The van der Waals surface area contributed by atoms with Crippen molar-refractivity contribution in [1.82, 2.24) is 4.90 Å². The molecular weight excluding hydrogens is 238 g/mol. The lowest BCUT2D eigenvalue weighted by molar-refractivity contribution is -0.144. The van der Waals surface area contributed by atoms with E-state index >= 15 is 0 Å². The summed E-state index contributed by atoms with van der Waals surface area (Å²) in [4.78, 5) is 13.8. The first kappa shape index (κ1) is 15.7. The van der Waals surface area contributed by atoms with Gasteiger partial charge >= 0.3 is 5.97 Å². The average Bonchev–Trinajstić information content (AvgIpc) is 2.37. The van der Waals surface area contributed by atoms with E-state index in [4.69, 9.17) is 4.74 Å². The van der Waals surface area contributed by atoms with E-state index in [0.29, 0.717) is 19.1 Å². The van der Waals surface area contributed by atoms with Crippen molar-refractivity contribution in [2.45, 2.75) is 33.7 Å². The Labute approximate surface area is 116 Å². The fourth-order valence-corrected chi connectivity index (χ4v) is 1.89. The number of carbonyl (C=O) groups is 1.